The van der Waals surface area contributed by atoms with Crippen molar-refractivity contribution in [3.8, 4) is 0 Å². The first-order chi connectivity index (χ1) is 12.4. The number of aromatic nitrogens is 3. The molecular formula is C16H23N5O4S. The third kappa shape index (κ3) is 7.43. The predicted molar refractivity (Wildman–Crippen MR) is 96.6 cm³/mol. The second-order valence-corrected chi connectivity index (χ2v) is 6.67. The molecular weight excluding hydrogens is 358 g/mol. The van der Waals surface area contributed by atoms with Crippen molar-refractivity contribution < 1.29 is 19.5 Å². The molecule has 142 valence electrons. The fourth-order valence-electron chi connectivity index (χ4n) is 2.14. The number of nitrogens with one attached hydrogen (secondary N) is 3. The van der Waals surface area contributed by atoms with E-state index in [-0.39, 0.29) is 24.3 Å². The van der Waals surface area contributed by atoms with Crippen molar-refractivity contribution in [2.75, 3.05) is 0 Å². The number of hydrogen-bond donors (Lipinski definition) is 4. The molecule has 0 bridgehead atoms. The van der Waals surface area contributed by atoms with Crippen molar-refractivity contribution in [2.45, 2.75) is 39.8 Å². The van der Waals surface area contributed by atoms with Crippen molar-refractivity contribution in [1.82, 2.24) is 25.6 Å². The Kier molecular flexibility index (Phi) is 8.99. The molecule has 0 aromatic carbocycles. The summed E-state index contributed by atoms with van der Waals surface area (Å²) in [5.41, 5.74) is 0.357. The summed E-state index contributed by atoms with van der Waals surface area (Å²) in [5.74, 6) is 0.737. The molecule has 2 rings (SSSR count). The van der Waals surface area contributed by atoms with Crippen LogP contribution in [-0.4, -0.2) is 38.3 Å². The van der Waals surface area contributed by atoms with Gasteiger partial charge in [0, 0.05) is 24.7 Å². The molecule has 0 aliphatic heterocycles. The van der Waals surface area contributed by atoms with E-state index in [1.54, 1.807) is 17.8 Å². The predicted octanol–water partition coefficient (Wildman–Crippen LogP) is 1.72. The van der Waals surface area contributed by atoms with Gasteiger partial charge in [0.25, 0.3) is 12.4 Å². The van der Waals surface area contributed by atoms with Crippen molar-refractivity contribution in [3.63, 3.8) is 0 Å². The van der Waals surface area contributed by atoms with Gasteiger partial charge in [0.1, 0.15) is 16.5 Å². The fraction of sp³-hybridized carbons (Fsp3) is 0.438. The van der Waals surface area contributed by atoms with E-state index < -0.39 is 0 Å². The van der Waals surface area contributed by atoms with Crippen molar-refractivity contribution in [3.05, 3.63) is 34.3 Å². The van der Waals surface area contributed by atoms with Gasteiger partial charge in [0.15, 0.2) is 0 Å². The maximum Gasteiger partial charge on any atom is 0.290 e. The smallest absolute Gasteiger partial charge is 0.290 e. The van der Waals surface area contributed by atoms with Crippen LogP contribution >= 0.6 is 11.3 Å². The lowest BCUT2D eigenvalue weighted by Gasteiger charge is -2.17. The highest BCUT2D eigenvalue weighted by molar-refractivity contribution is 7.09. The van der Waals surface area contributed by atoms with Crippen LogP contribution in [0.3, 0.4) is 0 Å². The Morgan fingerprint density at radius 1 is 1.42 bits per heavy atom. The first-order valence-corrected chi connectivity index (χ1v) is 8.82. The van der Waals surface area contributed by atoms with Gasteiger partial charge in [-0.1, -0.05) is 13.8 Å². The molecule has 2 amide bonds. The van der Waals surface area contributed by atoms with Crippen LogP contribution in [0.4, 0.5) is 0 Å². The zero-order chi connectivity index (χ0) is 19.5. The van der Waals surface area contributed by atoms with Gasteiger partial charge in [-0.3, -0.25) is 14.4 Å². The van der Waals surface area contributed by atoms with E-state index in [0.29, 0.717) is 24.0 Å². The molecule has 26 heavy (non-hydrogen) atoms. The Balaban J connectivity index is 0.00000105. The van der Waals surface area contributed by atoms with E-state index >= 15 is 0 Å². The van der Waals surface area contributed by atoms with Crippen LogP contribution in [-0.2, 0) is 16.1 Å². The molecule has 1 atom stereocenters. The fourth-order valence-corrected chi connectivity index (χ4v) is 3.00. The number of H-pyrrole nitrogens is 1. The first kappa shape index (κ1) is 21.3. The summed E-state index contributed by atoms with van der Waals surface area (Å²) in [4.78, 5) is 43.2. The molecule has 0 saturated heterocycles. The van der Waals surface area contributed by atoms with Gasteiger partial charge in [0.05, 0.1) is 12.6 Å². The highest BCUT2D eigenvalue weighted by atomic mass is 32.1. The van der Waals surface area contributed by atoms with Crippen molar-refractivity contribution >= 4 is 29.6 Å². The lowest BCUT2D eigenvalue weighted by molar-refractivity contribution is -0.123. The number of carbonyl (C=O) groups is 3. The van der Waals surface area contributed by atoms with E-state index in [9.17, 15) is 9.59 Å². The van der Waals surface area contributed by atoms with Gasteiger partial charge in [-0.25, -0.2) is 9.97 Å². The Hall–Kier alpha value is -2.75. The number of amides is 2. The number of aromatic amines is 1. The zero-order valence-corrected chi connectivity index (χ0v) is 15.7. The number of carbonyl (C=O) groups excluding carboxylic acids is 2. The van der Waals surface area contributed by atoms with Gasteiger partial charge in [-0.05, 0) is 12.3 Å². The van der Waals surface area contributed by atoms with Crippen molar-refractivity contribution in [1.29, 1.82) is 0 Å². The number of imidazole rings is 1. The Labute approximate surface area is 155 Å². The van der Waals surface area contributed by atoms with Crippen LogP contribution < -0.4 is 10.6 Å². The molecule has 0 saturated carbocycles. The van der Waals surface area contributed by atoms with Crippen molar-refractivity contribution in [2.24, 2.45) is 5.92 Å². The second kappa shape index (κ2) is 11.0. The largest absolute Gasteiger partial charge is 0.483 e. The molecule has 0 aliphatic rings. The topological polar surface area (TPSA) is 137 Å². The van der Waals surface area contributed by atoms with E-state index in [4.69, 9.17) is 9.90 Å². The van der Waals surface area contributed by atoms with E-state index in [1.165, 1.54) is 18.3 Å². The van der Waals surface area contributed by atoms with Crippen LogP contribution in [0.1, 0.15) is 54.6 Å². The first-order valence-electron chi connectivity index (χ1n) is 7.94. The molecule has 0 radical (unpaired) electrons. The molecule has 0 fully saturated rings. The summed E-state index contributed by atoms with van der Waals surface area (Å²) in [7, 11) is 0. The standard InChI is InChI=1S/C15H21N5O2S.CH2O2/c1-9(2)6-11(19-10(3)21)15-20-12(8-23-15)14(22)18-7-13-16-4-5-17-13;2-1-3/h4-5,8-9,11H,6-7H2,1-3H3,(H,16,17)(H,18,22)(H,19,21);1H,(H,2,3)/t11-;/m1./s1. The van der Waals surface area contributed by atoms with Crippen LogP contribution in [0.2, 0.25) is 0 Å². The van der Waals surface area contributed by atoms with Gasteiger partial charge < -0.3 is 20.7 Å². The number of hydrogen-bond acceptors (Lipinski definition) is 6. The SMILES string of the molecule is CC(=O)N[C@H](CC(C)C)c1nc(C(=O)NCc2ncc[nH]2)cs1.O=CO. The average molecular weight is 381 g/mol. The molecule has 2 aromatic heterocycles. The maximum absolute atomic E-state index is 12.1. The van der Waals surface area contributed by atoms with Gasteiger partial charge >= 0.3 is 0 Å². The minimum Gasteiger partial charge on any atom is -0.483 e. The minimum absolute atomic E-state index is 0.102. The van der Waals surface area contributed by atoms with Crippen LogP contribution in [0.5, 0.6) is 0 Å². The molecule has 2 heterocycles. The van der Waals surface area contributed by atoms with Crippen LogP contribution in [0, 0.1) is 5.92 Å². The van der Waals surface area contributed by atoms with E-state index in [0.717, 1.165) is 11.4 Å². The number of thiazole rings is 1. The second-order valence-electron chi connectivity index (χ2n) is 5.78. The van der Waals surface area contributed by atoms with Crippen LogP contribution in [0.15, 0.2) is 17.8 Å². The summed E-state index contributed by atoms with van der Waals surface area (Å²) in [5, 5.41) is 15.0. The molecule has 10 heteroatoms. The molecule has 0 unspecified atom stereocenters. The minimum atomic E-state index is -0.255. The average Bonchev–Trinajstić information content (AvgIpc) is 3.23. The zero-order valence-electron chi connectivity index (χ0n) is 14.9. The molecule has 9 nitrogen and oxygen atoms in total. The summed E-state index contributed by atoms with van der Waals surface area (Å²) in [6.45, 7) is 5.72. The monoisotopic (exact) mass is 381 g/mol. The molecule has 2 aromatic rings. The lowest BCUT2D eigenvalue weighted by Crippen LogP contribution is -2.27. The summed E-state index contributed by atoms with van der Waals surface area (Å²) in [6, 6.07) is -0.163. The van der Waals surface area contributed by atoms with E-state index in [1.807, 2.05) is 0 Å². The summed E-state index contributed by atoms with van der Waals surface area (Å²) < 4.78 is 0. The Morgan fingerprint density at radius 3 is 2.65 bits per heavy atom. The van der Waals surface area contributed by atoms with Crippen LogP contribution in [0.25, 0.3) is 0 Å². The van der Waals surface area contributed by atoms with Gasteiger partial charge in [0.2, 0.25) is 5.91 Å². The van der Waals surface area contributed by atoms with E-state index in [2.05, 4.69) is 39.4 Å². The summed E-state index contributed by atoms with van der Waals surface area (Å²) in [6.07, 6.45) is 4.11. The highest BCUT2D eigenvalue weighted by Gasteiger charge is 2.20. The lowest BCUT2D eigenvalue weighted by atomic mass is 10.0. The summed E-state index contributed by atoms with van der Waals surface area (Å²) >= 11 is 1.38. The third-order valence-electron chi connectivity index (χ3n) is 3.11. The maximum atomic E-state index is 12.1. The highest BCUT2D eigenvalue weighted by Crippen LogP contribution is 2.24. The number of rotatable bonds is 7. The Bertz CT molecular complexity index is 699. The Morgan fingerprint density at radius 2 is 2.12 bits per heavy atom. The normalized spacial score (nSPS) is 11.2. The molecule has 4 N–H and O–H groups in total. The van der Waals surface area contributed by atoms with Gasteiger partial charge in [-0.2, -0.15) is 0 Å². The quantitative estimate of drug-likeness (QED) is 0.539. The number of nitrogens with zero attached hydrogens (tertiary/aromatic N) is 2. The molecule has 0 spiro atoms. The molecule has 0 aliphatic carbocycles. The van der Waals surface area contributed by atoms with Gasteiger partial charge in [-0.15, -0.1) is 11.3 Å². The number of carboxylic acid groups (broad SMARTS) is 1. The third-order valence-corrected chi connectivity index (χ3v) is 4.07.